The molecule has 0 fully saturated rings. The highest BCUT2D eigenvalue weighted by molar-refractivity contribution is 6.29. The van der Waals surface area contributed by atoms with Crippen molar-refractivity contribution in [2.24, 2.45) is 0 Å². The topological polar surface area (TPSA) is 47.0 Å². The van der Waals surface area contributed by atoms with Crippen molar-refractivity contribution in [2.75, 3.05) is 12.4 Å². The molecule has 1 aromatic carbocycles. The zero-order valence-electron chi connectivity index (χ0n) is 10.3. The molecule has 0 aliphatic heterocycles. The van der Waals surface area contributed by atoms with Gasteiger partial charge in [0, 0.05) is 12.6 Å². The van der Waals surface area contributed by atoms with Gasteiger partial charge in [-0.15, -0.1) is 0 Å². The standard InChI is InChI=1S/C13H14ClN3O/c1-9-16-12(14)7-13(17-9)15-8-10-4-3-5-11(6-10)18-2/h3-7H,8H2,1-2H3,(H,15,16,17). The zero-order valence-corrected chi connectivity index (χ0v) is 11.0. The zero-order chi connectivity index (χ0) is 13.0. The first-order valence-corrected chi connectivity index (χ1v) is 5.93. The molecule has 5 heteroatoms. The lowest BCUT2D eigenvalue weighted by atomic mass is 10.2. The number of nitrogens with one attached hydrogen (secondary N) is 1. The van der Waals surface area contributed by atoms with Crippen LogP contribution in [0.1, 0.15) is 11.4 Å². The summed E-state index contributed by atoms with van der Waals surface area (Å²) in [6, 6.07) is 9.56. The predicted molar refractivity (Wildman–Crippen MR) is 72.1 cm³/mol. The summed E-state index contributed by atoms with van der Waals surface area (Å²) < 4.78 is 5.17. The number of hydrogen-bond donors (Lipinski definition) is 1. The Morgan fingerprint density at radius 2 is 2.11 bits per heavy atom. The highest BCUT2D eigenvalue weighted by Gasteiger charge is 2.00. The summed E-state index contributed by atoms with van der Waals surface area (Å²) in [4.78, 5) is 8.26. The lowest BCUT2D eigenvalue weighted by Crippen LogP contribution is -2.03. The Kier molecular flexibility index (Phi) is 3.99. The number of halogens is 1. The summed E-state index contributed by atoms with van der Waals surface area (Å²) in [6.45, 7) is 2.46. The lowest BCUT2D eigenvalue weighted by molar-refractivity contribution is 0.414. The molecule has 1 N–H and O–H groups in total. The summed E-state index contributed by atoms with van der Waals surface area (Å²) in [6.07, 6.45) is 0. The van der Waals surface area contributed by atoms with Crippen molar-refractivity contribution < 1.29 is 4.74 Å². The third-order valence-corrected chi connectivity index (χ3v) is 2.61. The summed E-state index contributed by atoms with van der Waals surface area (Å²) in [7, 11) is 1.65. The van der Waals surface area contributed by atoms with E-state index in [4.69, 9.17) is 16.3 Å². The van der Waals surface area contributed by atoms with Gasteiger partial charge in [0.05, 0.1) is 7.11 Å². The third kappa shape index (κ3) is 3.34. The highest BCUT2D eigenvalue weighted by Crippen LogP contribution is 2.15. The molecule has 18 heavy (non-hydrogen) atoms. The molecule has 0 aliphatic rings. The normalized spacial score (nSPS) is 10.2. The summed E-state index contributed by atoms with van der Waals surface area (Å²) >= 11 is 5.87. The molecule has 0 aliphatic carbocycles. The number of methoxy groups -OCH3 is 1. The largest absolute Gasteiger partial charge is 0.497 e. The molecular weight excluding hydrogens is 250 g/mol. The minimum Gasteiger partial charge on any atom is -0.497 e. The van der Waals surface area contributed by atoms with Crippen molar-refractivity contribution in [3.05, 3.63) is 46.9 Å². The van der Waals surface area contributed by atoms with Crippen LogP contribution in [0.4, 0.5) is 5.82 Å². The van der Waals surface area contributed by atoms with Crippen molar-refractivity contribution in [2.45, 2.75) is 13.5 Å². The molecule has 0 saturated carbocycles. The molecule has 4 nitrogen and oxygen atoms in total. The Morgan fingerprint density at radius 1 is 1.28 bits per heavy atom. The average Bonchev–Trinajstić information content (AvgIpc) is 2.35. The van der Waals surface area contributed by atoms with Gasteiger partial charge >= 0.3 is 0 Å². The minimum absolute atomic E-state index is 0.440. The van der Waals surface area contributed by atoms with Crippen LogP contribution in [0.2, 0.25) is 5.15 Å². The van der Waals surface area contributed by atoms with Crippen LogP contribution in [0, 0.1) is 6.92 Å². The van der Waals surface area contributed by atoms with Crippen LogP contribution in [-0.2, 0) is 6.54 Å². The van der Waals surface area contributed by atoms with E-state index in [-0.39, 0.29) is 0 Å². The lowest BCUT2D eigenvalue weighted by Gasteiger charge is -2.08. The van der Waals surface area contributed by atoms with Crippen LogP contribution in [0.25, 0.3) is 0 Å². The van der Waals surface area contributed by atoms with E-state index in [1.54, 1.807) is 13.2 Å². The van der Waals surface area contributed by atoms with Gasteiger partial charge in [0.15, 0.2) is 0 Å². The van der Waals surface area contributed by atoms with Crippen LogP contribution >= 0.6 is 11.6 Å². The number of rotatable bonds is 4. The molecule has 0 atom stereocenters. The van der Waals surface area contributed by atoms with Crippen LogP contribution in [0.15, 0.2) is 30.3 Å². The number of hydrogen-bond acceptors (Lipinski definition) is 4. The van der Waals surface area contributed by atoms with E-state index in [0.29, 0.717) is 17.5 Å². The molecule has 0 amide bonds. The fraction of sp³-hybridized carbons (Fsp3) is 0.231. The van der Waals surface area contributed by atoms with Gasteiger partial charge in [0.2, 0.25) is 0 Å². The fourth-order valence-electron chi connectivity index (χ4n) is 1.60. The van der Waals surface area contributed by atoms with Gasteiger partial charge in [-0.05, 0) is 24.6 Å². The first kappa shape index (κ1) is 12.6. The van der Waals surface area contributed by atoms with Crippen LogP contribution < -0.4 is 10.1 Å². The molecular formula is C13H14ClN3O. The molecule has 2 aromatic rings. The van der Waals surface area contributed by atoms with Gasteiger partial charge in [-0.3, -0.25) is 0 Å². The Balaban J connectivity index is 2.06. The van der Waals surface area contributed by atoms with E-state index < -0.39 is 0 Å². The van der Waals surface area contributed by atoms with Crippen molar-refractivity contribution in [3.8, 4) is 5.75 Å². The van der Waals surface area contributed by atoms with E-state index in [9.17, 15) is 0 Å². The fourth-order valence-corrected chi connectivity index (χ4v) is 1.82. The minimum atomic E-state index is 0.440. The maximum Gasteiger partial charge on any atom is 0.134 e. The number of ether oxygens (including phenoxy) is 1. The molecule has 0 unspecified atom stereocenters. The summed E-state index contributed by atoms with van der Waals surface area (Å²) in [5.74, 6) is 2.21. The quantitative estimate of drug-likeness (QED) is 0.862. The van der Waals surface area contributed by atoms with E-state index in [1.165, 1.54) is 0 Å². The van der Waals surface area contributed by atoms with Gasteiger partial charge in [0.25, 0.3) is 0 Å². The Labute approximate surface area is 111 Å². The van der Waals surface area contributed by atoms with Crippen LogP contribution in [0.3, 0.4) is 0 Å². The smallest absolute Gasteiger partial charge is 0.134 e. The van der Waals surface area contributed by atoms with E-state index >= 15 is 0 Å². The van der Waals surface area contributed by atoms with E-state index in [0.717, 1.165) is 17.1 Å². The van der Waals surface area contributed by atoms with Gasteiger partial charge in [-0.1, -0.05) is 23.7 Å². The van der Waals surface area contributed by atoms with Gasteiger partial charge in [-0.25, -0.2) is 9.97 Å². The molecule has 0 saturated heterocycles. The number of aryl methyl sites for hydroxylation is 1. The Hall–Kier alpha value is -1.81. The number of nitrogens with zero attached hydrogens (tertiary/aromatic N) is 2. The number of aromatic nitrogens is 2. The maximum atomic E-state index is 5.87. The Morgan fingerprint density at radius 3 is 2.83 bits per heavy atom. The second-order valence-electron chi connectivity index (χ2n) is 3.83. The highest BCUT2D eigenvalue weighted by atomic mass is 35.5. The third-order valence-electron chi connectivity index (χ3n) is 2.41. The molecule has 0 bridgehead atoms. The van der Waals surface area contributed by atoms with Gasteiger partial charge in [0.1, 0.15) is 22.5 Å². The average molecular weight is 264 g/mol. The monoisotopic (exact) mass is 263 g/mol. The summed E-state index contributed by atoms with van der Waals surface area (Å²) in [5.41, 5.74) is 1.11. The summed E-state index contributed by atoms with van der Waals surface area (Å²) in [5, 5.41) is 3.64. The SMILES string of the molecule is COc1cccc(CNc2cc(Cl)nc(C)n2)c1. The molecule has 0 spiro atoms. The van der Waals surface area contributed by atoms with Crippen molar-refractivity contribution >= 4 is 17.4 Å². The van der Waals surface area contributed by atoms with Crippen LogP contribution in [-0.4, -0.2) is 17.1 Å². The number of benzene rings is 1. The molecule has 94 valence electrons. The molecule has 2 rings (SSSR count). The second kappa shape index (κ2) is 5.69. The number of anilines is 1. The molecule has 1 heterocycles. The van der Waals surface area contributed by atoms with Crippen LogP contribution in [0.5, 0.6) is 5.75 Å². The van der Waals surface area contributed by atoms with Crippen molar-refractivity contribution in [3.63, 3.8) is 0 Å². The molecule has 1 aromatic heterocycles. The van der Waals surface area contributed by atoms with Crippen molar-refractivity contribution in [1.82, 2.24) is 9.97 Å². The molecule has 0 radical (unpaired) electrons. The van der Waals surface area contributed by atoms with Gasteiger partial charge < -0.3 is 10.1 Å². The predicted octanol–water partition coefficient (Wildman–Crippen LogP) is 3.06. The van der Waals surface area contributed by atoms with E-state index in [2.05, 4.69) is 15.3 Å². The van der Waals surface area contributed by atoms with Crippen molar-refractivity contribution in [1.29, 1.82) is 0 Å². The first-order chi connectivity index (χ1) is 8.67. The second-order valence-corrected chi connectivity index (χ2v) is 4.22. The maximum absolute atomic E-state index is 5.87. The Bertz CT molecular complexity index is 525. The van der Waals surface area contributed by atoms with E-state index in [1.807, 2.05) is 31.2 Å². The van der Waals surface area contributed by atoms with Gasteiger partial charge in [-0.2, -0.15) is 0 Å². The first-order valence-electron chi connectivity index (χ1n) is 5.55.